The summed E-state index contributed by atoms with van der Waals surface area (Å²) < 4.78 is 0. The number of hydrogen-bond donors (Lipinski definition) is 3. The molecule has 0 saturated carbocycles. The molecule has 0 heterocycles. The van der Waals surface area contributed by atoms with Gasteiger partial charge in [-0.3, -0.25) is 0 Å². The van der Waals surface area contributed by atoms with Crippen LogP contribution in [0.5, 0.6) is 0 Å². The summed E-state index contributed by atoms with van der Waals surface area (Å²) in [5, 5.41) is 23.3. The second-order valence-electron chi connectivity index (χ2n) is 7.76. The summed E-state index contributed by atoms with van der Waals surface area (Å²) in [6, 6.07) is 23.6. The van der Waals surface area contributed by atoms with E-state index in [0.29, 0.717) is 17.4 Å². The monoisotopic (exact) mass is 435 g/mol. The fraction of sp³-hybridized carbons (Fsp3) is 0.269. The van der Waals surface area contributed by atoms with E-state index in [1.165, 1.54) is 5.56 Å². The SMILES string of the molecule is CC(C)Sc1cc(-c2ccc(CCNC[C@@H](O)c3ccccc3)cc2)ccc1C(=O)O. The topological polar surface area (TPSA) is 69.6 Å². The molecule has 0 aliphatic rings. The third-order valence-corrected chi connectivity index (χ3v) is 6.04. The minimum absolute atomic E-state index is 0.309. The first-order valence-electron chi connectivity index (χ1n) is 10.5. The smallest absolute Gasteiger partial charge is 0.336 e. The summed E-state index contributed by atoms with van der Waals surface area (Å²) in [5.41, 5.74) is 4.57. The molecule has 0 unspecified atom stereocenters. The Bertz CT molecular complexity index is 987. The molecule has 0 bridgehead atoms. The summed E-state index contributed by atoms with van der Waals surface area (Å²) >= 11 is 1.57. The van der Waals surface area contributed by atoms with E-state index in [1.54, 1.807) is 17.8 Å². The van der Waals surface area contributed by atoms with Gasteiger partial charge in [0, 0.05) is 16.7 Å². The fourth-order valence-corrected chi connectivity index (χ4v) is 4.34. The van der Waals surface area contributed by atoms with Gasteiger partial charge in [-0.2, -0.15) is 0 Å². The Labute approximate surface area is 188 Å². The Kier molecular flexibility index (Phi) is 8.29. The molecule has 3 aromatic rings. The zero-order valence-electron chi connectivity index (χ0n) is 17.9. The van der Waals surface area contributed by atoms with Gasteiger partial charge in [0.25, 0.3) is 0 Å². The van der Waals surface area contributed by atoms with Crippen LogP contribution in [0.25, 0.3) is 11.1 Å². The predicted octanol–water partition coefficient (Wildman–Crippen LogP) is 5.42. The van der Waals surface area contributed by atoms with E-state index in [2.05, 4.69) is 43.4 Å². The quantitative estimate of drug-likeness (QED) is 0.293. The highest BCUT2D eigenvalue weighted by Gasteiger charge is 2.13. The average Bonchev–Trinajstić information content (AvgIpc) is 2.77. The molecular weight excluding hydrogens is 406 g/mol. The number of carboxylic acids is 1. The summed E-state index contributed by atoms with van der Waals surface area (Å²) in [7, 11) is 0. The van der Waals surface area contributed by atoms with Crippen LogP contribution in [0.1, 0.15) is 41.4 Å². The molecule has 3 N–H and O–H groups in total. The zero-order valence-corrected chi connectivity index (χ0v) is 18.7. The Morgan fingerprint density at radius 2 is 1.65 bits per heavy atom. The molecule has 31 heavy (non-hydrogen) atoms. The van der Waals surface area contributed by atoms with E-state index in [-0.39, 0.29) is 0 Å². The van der Waals surface area contributed by atoms with Crippen molar-refractivity contribution in [2.24, 2.45) is 0 Å². The maximum atomic E-state index is 11.5. The molecule has 4 nitrogen and oxygen atoms in total. The van der Waals surface area contributed by atoms with Crippen molar-refractivity contribution in [2.75, 3.05) is 13.1 Å². The van der Waals surface area contributed by atoms with Crippen molar-refractivity contribution in [2.45, 2.75) is 36.5 Å². The number of aliphatic hydroxyl groups is 1. The molecule has 0 aromatic heterocycles. The highest BCUT2D eigenvalue weighted by Crippen LogP contribution is 2.31. The van der Waals surface area contributed by atoms with Crippen molar-refractivity contribution in [1.82, 2.24) is 5.32 Å². The molecule has 0 radical (unpaired) electrons. The molecule has 0 amide bonds. The van der Waals surface area contributed by atoms with Crippen LogP contribution >= 0.6 is 11.8 Å². The van der Waals surface area contributed by atoms with Crippen LogP contribution in [-0.2, 0) is 6.42 Å². The highest BCUT2D eigenvalue weighted by atomic mass is 32.2. The predicted molar refractivity (Wildman–Crippen MR) is 128 cm³/mol. The van der Waals surface area contributed by atoms with Gasteiger partial charge in [-0.15, -0.1) is 11.8 Å². The Hall–Kier alpha value is -2.60. The van der Waals surface area contributed by atoms with E-state index in [1.807, 2.05) is 42.5 Å². The average molecular weight is 436 g/mol. The standard InChI is InChI=1S/C26H29NO3S/c1-18(2)31-25-16-22(12-13-23(25)26(29)30)20-10-8-19(9-11-20)14-15-27-17-24(28)21-6-4-3-5-7-21/h3-13,16,18,24,27-28H,14-15,17H2,1-2H3,(H,29,30)/t24-/m1/s1. The molecule has 0 aliphatic heterocycles. The lowest BCUT2D eigenvalue weighted by molar-refractivity contribution is 0.0693. The van der Waals surface area contributed by atoms with Gasteiger partial charge in [0.1, 0.15) is 0 Å². The van der Waals surface area contributed by atoms with Gasteiger partial charge in [-0.25, -0.2) is 4.79 Å². The van der Waals surface area contributed by atoms with Crippen molar-refractivity contribution in [3.63, 3.8) is 0 Å². The zero-order chi connectivity index (χ0) is 22.2. The lowest BCUT2D eigenvalue weighted by Gasteiger charge is -2.13. The maximum Gasteiger partial charge on any atom is 0.336 e. The Morgan fingerprint density at radius 3 is 2.29 bits per heavy atom. The molecule has 0 fully saturated rings. The molecule has 0 aliphatic carbocycles. The first-order chi connectivity index (χ1) is 14.9. The van der Waals surface area contributed by atoms with Crippen LogP contribution in [0, 0.1) is 0 Å². The minimum atomic E-state index is -0.894. The molecule has 3 aromatic carbocycles. The van der Waals surface area contributed by atoms with Gasteiger partial charge >= 0.3 is 5.97 Å². The van der Waals surface area contributed by atoms with Crippen molar-refractivity contribution in [3.05, 3.63) is 89.5 Å². The molecule has 0 spiro atoms. The van der Waals surface area contributed by atoms with Crippen molar-refractivity contribution in [1.29, 1.82) is 0 Å². The van der Waals surface area contributed by atoms with Crippen LogP contribution in [0.15, 0.2) is 77.7 Å². The van der Waals surface area contributed by atoms with Gasteiger partial charge in [0.05, 0.1) is 11.7 Å². The third kappa shape index (κ3) is 6.69. The van der Waals surface area contributed by atoms with Gasteiger partial charge in [0.15, 0.2) is 0 Å². The largest absolute Gasteiger partial charge is 0.478 e. The molecule has 0 saturated heterocycles. The number of hydrogen-bond acceptors (Lipinski definition) is 4. The molecule has 3 rings (SSSR count). The first kappa shape index (κ1) is 23.1. The van der Waals surface area contributed by atoms with E-state index in [0.717, 1.165) is 34.6 Å². The second kappa shape index (κ2) is 11.1. The number of rotatable bonds is 10. The lowest BCUT2D eigenvalue weighted by Crippen LogP contribution is -2.23. The van der Waals surface area contributed by atoms with Gasteiger partial charge in [-0.05, 0) is 47.4 Å². The van der Waals surface area contributed by atoms with E-state index in [9.17, 15) is 15.0 Å². The fourth-order valence-electron chi connectivity index (χ4n) is 3.36. The van der Waals surface area contributed by atoms with Gasteiger partial charge in [-0.1, -0.05) is 74.5 Å². The third-order valence-electron chi connectivity index (χ3n) is 4.97. The van der Waals surface area contributed by atoms with Crippen molar-refractivity contribution < 1.29 is 15.0 Å². The van der Waals surface area contributed by atoms with Crippen molar-refractivity contribution >= 4 is 17.7 Å². The van der Waals surface area contributed by atoms with Crippen LogP contribution in [0.4, 0.5) is 0 Å². The van der Waals surface area contributed by atoms with Crippen molar-refractivity contribution in [3.8, 4) is 11.1 Å². The number of thioether (sulfide) groups is 1. The number of benzene rings is 3. The lowest BCUT2D eigenvalue weighted by atomic mass is 10.0. The molecule has 5 heteroatoms. The van der Waals surface area contributed by atoms with Crippen LogP contribution in [0.2, 0.25) is 0 Å². The second-order valence-corrected chi connectivity index (χ2v) is 9.38. The Morgan fingerprint density at radius 1 is 0.968 bits per heavy atom. The van der Waals surface area contributed by atoms with Crippen LogP contribution in [0.3, 0.4) is 0 Å². The van der Waals surface area contributed by atoms with E-state index in [4.69, 9.17) is 0 Å². The minimum Gasteiger partial charge on any atom is -0.478 e. The number of carboxylic acid groups (broad SMARTS) is 1. The molecule has 162 valence electrons. The number of aromatic carboxylic acids is 1. The number of aliphatic hydroxyl groups excluding tert-OH is 1. The summed E-state index contributed by atoms with van der Waals surface area (Å²) in [5.74, 6) is -0.894. The highest BCUT2D eigenvalue weighted by molar-refractivity contribution is 8.00. The Balaban J connectivity index is 1.58. The van der Waals surface area contributed by atoms with Gasteiger partial charge < -0.3 is 15.5 Å². The number of nitrogens with one attached hydrogen (secondary N) is 1. The van der Waals surface area contributed by atoms with E-state index >= 15 is 0 Å². The van der Waals surface area contributed by atoms with Gasteiger partial charge in [0.2, 0.25) is 0 Å². The van der Waals surface area contributed by atoms with Crippen LogP contribution < -0.4 is 5.32 Å². The summed E-state index contributed by atoms with van der Waals surface area (Å²) in [6.45, 7) is 5.43. The summed E-state index contributed by atoms with van der Waals surface area (Å²) in [6.07, 6.45) is 0.365. The first-order valence-corrected chi connectivity index (χ1v) is 11.4. The maximum absolute atomic E-state index is 11.5. The number of carbonyl (C=O) groups is 1. The normalized spacial score (nSPS) is 12.1. The molecular formula is C26H29NO3S. The van der Waals surface area contributed by atoms with E-state index < -0.39 is 12.1 Å². The molecule has 1 atom stereocenters. The summed E-state index contributed by atoms with van der Waals surface area (Å²) in [4.78, 5) is 12.3. The van der Waals surface area contributed by atoms with Crippen LogP contribution in [-0.4, -0.2) is 34.5 Å².